The minimum Gasteiger partial charge on any atom is -0.461 e. The molecule has 3 aromatic heterocycles. The predicted octanol–water partition coefficient (Wildman–Crippen LogP) is 1.38. The number of aromatic nitrogens is 4. The number of rotatable bonds is 3. The van der Waals surface area contributed by atoms with Gasteiger partial charge in [0.2, 0.25) is 11.7 Å². The first kappa shape index (κ1) is 11.9. The maximum atomic E-state index is 10.9. The van der Waals surface area contributed by atoms with Crippen molar-refractivity contribution in [2.75, 3.05) is 0 Å². The Hall–Kier alpha value is -3.16. The monoisotopic (exact) mass is 271 g/mol. The van der Waals surface area contributed by atoms with Crippen LogP contribution in [0.15, 0.2) is 47.3 Å². The summed E-state index contributed by atoms with van der Waals surface area (Å²) in [6.07, 6.45) is 3.83. The number of nitrogens with zero attached hydrogens (tertiary/aromatic N) is 4. The Morgan fingerprint density at radius 2 is 2.25 bits per heavy atom. The van der Waals surface area contributed by atoms with E-state index in [1.807, 2.05) is 0 Å². The van der Waals surface area contributed by atoms with Crippen LogP contribution in [0.4, 0.5) is 4.79 Å². The Labute approximate surface area is 112 Å². The lowest BCUT2D eigenvalue weighted by Crippen LogP contribution is -2.17. The Morgan fingerprint density at radius 3 is 2.90 bits per heavy atom. The van der Waals surface area contributed by atoms with Crippen molar-refractivity contribution < 1.29 is 13.9 Å². The molecule has 100 valence electrons. The third kappa shape index (κ3) is 2.34. The number of carbonyl (C=O) groups excluding carboxylic acids is 1. The van der Waals surface area contributed by atoms with E-state index in [9.17, 15) is 4.79 Å². The van der Waals surface area contributed by atoms with Crippen molar-refractivity contribution in [3.8, 4) is 23.3 Å². The molecule has 8 heteroatoms. The van der Waals surface area contributed by atoms with Crippen LogP contribution < -0.4 is 10.5 Å². The van der Waals surface area contributed by atoms with Gasteiger partial charge in [-0.1, -0.05) is 0 Å². The standard InChI is InChI=1S/C12H9N5O3/c13-12(18)20-10-7-9(17-5-2-4-14-17)15-11(16-10)8-3-1-6-19-8/h1-7H,(H2,13,18). The summed E-state index contributed by atoms with van der Waals surface area (Å²) in [6, 6.07) is 6.58. The summed E-state index contributed by atoms with van der Waals surface area (Å²) < 4.78 is 11.5. The Balaban J connectivity index is 2.10. The molecule has 20 heavy (non-hydrogen) atoms. The molecular weight excluding hydrogens is 262 g/mol. The lowest BCUT2D eigenvalue weighted by atomic mass is 10.4. The Morgan fingerprint density at radius 1 is 1.35 bits per heavy atom. The van der Waals surface area contributed by atoms with Gasteiger partial charge < -0.3 is 14.9 Å². The van der Waals surface area contributed by atoms with Gasteiger partial charge in [0.25, 0.3) is 0 Å². The number of amides is 1. The van der Waals surface area contributed by atoms with Gasteiger partial charge in [0.05, 0.1) is 6.26 Å². The number of nitrogens with two attached hydrogens (primary N) is 1. The van der Waals surface area contributed by atoms with Crippen LogP contribution in [-0.4, -0.2) is 25.8 Å². The summed E-state index contributed by atoms with van der Waals surface area (Å²) in [7, 11) is 0. The minimum absolute atomic E-state index is 0.0180. The molecule has 0 radical (unpaired) electrons. The second kappa shape index (κ2) is 4.84. The smallest absolute Gasteiger partial charge is 0.411 e. The van der Waals surface area contributed by atoms with E-state index in [-0.39, 0.29) is 11.7 Å². The highest BCUT2D eigenvalue weighted by molar-refractivity contribution is 5.68. The minimum atomic E-state index is -0.958. The van der Waals surface area contributed by atoms with Crippen molar-refractivity contribution >= 4 is 6.09 Å². The van der Waals surface area contributed by atoms with Crippen molar-refractivity contribution in [3.05, 3.63) is 42.9 Å². The highest BCUT2D eigenvalue weighted by Gasteiger charge is 2.12. The molecule has 0 aliphatic heterocycles. The van der Waals surface area contributed by atoms with E-state index in [1.54, 1.807) is 30.6 Å². The first-order chi connectivity index (χ1) is 9.72. The van der Waals surface area contributed by atoms with Gasteiger partial charge in [0.1, 0.15) is 0 Å². The predicted molar refractivity (Wildman–Crippen MR) is 67.1 cm³/mol. The number of ether oxygens (including phenoxy) is 1. The van der Waals surface area contributed by atoms with E-state index in [2.05, 4.69) is 15.1 Å². The average Bonchev–Trinajstić information content (AvgIpc) is 3.11. The van der Waals surface area contributed by atoms with E-state index >= 15 is 0 Å². The van der Waals surface area contributed by atoms with Crippen LogP contribution in [0.2, 0.25) is 0 Å². The van der Waals surface area contributed by atoms with Crippen molar-refractivity contribution in [3.63, 3.8) is 0 Å². The molecule has 0 saturated heterocycles. The molecule has 3 heterocycles. The van der Waals surface area contributed by atoms with Gasteiger partial charge in [-0.2, -0.15) is 10.1 Å². The van der Waals surface area contributed by atoms with E-state index in [0.717, 1.165) is 0 Å². The van der Waals surface area contributed by atoms with Gasteiger partial charge in [-0.15, -0.1) is 0 Å². The summed E-state index contributed by atoms with van der Waals surface area (Å²) >= 11 is 0. The fraction of sp³-hybridized carbons (Fsp3) is 0. The van der Waals surface area contributed by atoms with Crippen molar-refractivity contribution in [1.82, 2.24) is 19.7 Å². The zero-order chi connectivity index (χ0) is 13.9. The van der Waals surface area contributed by atoms with Crippen molar-refractivity contribution in [2.45, 2.75) is 0 Å². The van der Waals surface area contributed by atoms with Gasteiger partial charge >= 0.3 is 6.09 Å². The molecule has 0 spiro atoms. The molecule has 2 N–H and O–H groups in total. The second-order valence-corrected chi connectivity index (χ2v) is 3.74. The van der Waals surface area contributed by atoms with Crippen LogP contribution in [0.1, 0.15) is 0 Å². The summed E-state index contributed by atoms with van der Waals surface area (Å²) in [5.41, 5.74) is 4.99. The van der Waals surface area contributed by atoms with Crippen LogP contribution in [-0.2, 0) is 0 Å². The molecule has 3 aromatic rings. The van der Waals surface area contributed by atoms with Crippen molar-refractivity contribution in [2.24, 2.45) is 5.73 Å². The van der Waals surface area contributed by atoms with E-state index in [0.29, 0.717) is 11.6 Å². The molecule has 0 bridgehead atoms. The molecule has 0 aliphatic carbocycles. The maximum absolute atomic E-state index is 10.9. The van der Waals surface area contributed by atoms with Crippen LogP contribution in [0.25, 0.3) is 17.4 Å². The number of hydrogen-bond donors (Lipinski definition) is 1. The van der Waals surface area contributed by atoms with E-state index in [1.165, 1.54) is 17.0 Å². The lowest BCUT2D eigenvalue weighted by molar-refractivity contribution is 0.209. The number of furan rings is 1. The molecule has 0 atom stereocenters. The van der Waals surface area contributed by atoms with Crippen LogP contribution in [0.5, 0.6) is 5.88 Å². The first-order valence-corrected chi connectivity index (χ1v) is 5.62. The van der Waals surface area contributed by atoms with Gasteiger partial charge in [0.15, 0.2) is 11.6 Å². The maximum Gasteiger partial charge on any atom is 0.411 e. The zero-order valence-electron chi connectivity index (χ0n) is 10.1. The molecule has 0 aliphatic rings. The molecule has 0 saturated carbocycles. The second-order valence-electron chi connectivity index (χ2n) is 3.74. The topological polar surface area (TPSA) is 109 Å². The third-order valence-corrected chi connectivity index (χ3v) is 2.37. The highest BCUT2D eigenvalue weighted by Crippen LogP contribution is 2.21. The number of hydrogen-bond acceptors (Lipinski definition) is 6. The van der Waals surface area contributed by atoms with Crippen LogP contribution in [0, 0.1) is 0 Å². The van der Waals surface area contributed by atoms with Gasteiger partial charge in [-0.3, -0.25) is 0 Å². The van der Waals surface area contributed by atoms with Gasteiger partial charge in [-0.25, -0.2) is 14.5 Å². The molecule has 0 fully saturated rings. The molecule has 1 amide bonds. The summed E-state index contributed by atoms with van der Waals surface area (Å²) in [6.45, 7) is 0. The molecular formula is C12H9N5O3. The molecule has 8 nitrogen and oxygen atoms in total. The van der Waals surface area contributed by atoms with Gasteiger partial charge in [0, 0.05) is 18.5 Å². The average molecular weight is 271 g/mol. The first-order valence-electron chi connectivity index (χ1n) is 5.62. The molecule has 0 aromatic carbocycles. The summed E-state index contributed by atoms with van der Waals surface area (Å²) in [5, 5.41) is 4.05. The lowest BCUT2D eigenvalue weighted by Gasteiger charge is -2.06. The summed E-state index contributed by atoms with van der Waals surface area (Å²) in [5.74, 6) is 1.14. The zero-order valence-corrected chi connectivity index (χ0v) is 10.1. The fourth-order valence-electron chi connectivity index (χ4n) is 1.61. The quantitative estimate of drug-likeness (QED) is 0.770. The van der Waals surface area contributed by atoms with Gasteiger partial charge in [-0.05, 0) is 18.2 Å². The van der Waals surface area contributed by atoms with Crippen LogP contribution >= 0.6 is 0 Å². The SMILES string of the molecule is NC(=O)Oc1cc(-n2cccn2)nc(-c2ccco2)n1. The number of primary amides is 1. The third-order valence-electron chi connectivity index (χ3n) is 2.37. The highest BCUT2D eigenvalue weighted by atomic mass is 16.6. The summed E-state index contributed by atoms with van der Waals surface area (Å²) in [4.78, 5) is 19.2. The Bertz CT molecular complexity index is 669. The Kier molecular flexibility index (Phi) is 2.88. The largest absolute Gasteiger partial charge is 0.461 e. The van der Waals surface area contributed by atoms with Crippen molar-refractivity contribution in [1.29, 1.82) is 0 Å². The van der Waals surface area contributed by atoms with E-state index in [4.69, 9.17) is 14.9 Å². The molecule has 3 rings (SSSR count). The van der Waals surface area contributed by atoms with E-state index < -0.39 is 6.09 Å². The van der Waals surface area contributed by atoms with Crippen LogP contribution in [0.3, 0.4) is 0 Å². The fourth-order valence-corrected chi connectivity index (χ4v) is 1.61. The number of carbonyl (C=O) groups is 1. The molecule has 0 unspecified atom stereocenters. The normalized spacial score (nSPS) is 10.4.